The molecule has 6 N–H and O–H groups in total. The molecule has 0 aromatic heterocycles. The highest BCUT2D eigenvalue weighted by Gasteiger charge is 2.26. The molecule has 0 fully saturated rings. The van der Waals surface area contributed by atoms with Crippen molar-refractivity contribution in [2.75, 3.05) is 31.7 Å². The van der Waals surface area contributed by atoms with Gasteiger partial charge < -0.3 is 21.1 Å². The first kappa shape index (κ1) is 25.7. The van der Waals surface area contributed by atoms with E-state index >= 15 is 0 Å². The van der Waals surface area contributed by atoms with E-state index < -0.39 is 21.4 Å². The second kappa shape index (κ2) is 13.7. The molecule has 1 amide bonds. The van der Waals surface area contributed by atoms with Gasteiger partial charge in [0.25, 0.3) is 10.1 Å². The Kier molecular flexibility index (Phi) is 14.6. The normalized spacial score (nSPS) is 12.5. The number of carbonyl (C=O) groups is 1. The number of unbranched alkanes of at least 4 members (excludes halogenated alkanes) is 1. The topological polar surface area (TPSA) is 158 Å². The van der Waals surface area contributed by atoms with Crippen LogP contribution >= 0.6 is 9.24 Å². The van der Waals surface area contributed by atoms with Crippen LogP contribution in [0.3, 0.4) is 0 Å². The van der Waals surface area contributed by atoms with Gasteiger partial charge in [-0.05, 0) is 38.8 Å². The summed E-state index contributed by atoms with van der Waals surface area (Å²) in [4.78, 5) is 10.5. The van der Waals surface area contributed by atoms with Gasteiger partial charge in [-0.2, -0.15) is 8.42 Å². The average Bonchev–Trinajstić information content (AvgIpc) is 2.53. The smallest absolute Gasteiger partial charge is 0.264 e. The summed E-state index contributed by atoms with van der Waals surface area (Å²) in [5.41, 5.74) is 4.66. The predicted octanol–water partition coefficient (Wildman–Crippen LogP) is -0.309. The van der Waals surface area contributed by atoms with Crippen LogP contribution in [0, 0.1) is 5.41 Å². The fourth-order valence-electron chi connectivity index (χ4n) is 1.55. The highest BCUT2D eigenvalue weighted by Crippen LogP contribution is 2.22. The lowest BCUT2D eigenvalue weighted by molar-refractivity contribution is -0.114. The summed E-state index contributed by atoms with van der Waals surface area (Å²) >= 11 is 0. The molecule has 0 saturated heterocycles. The molecule has 0 aliphatic carbocycles. The van der Waals surface area contributed by atoms with Gasteiger partial charge in [0.15, 0.2) is 0 Å². The molecule has 0 aromatic rings. The van der Waals surface area contributed by atoms with Gasteiger partial charge in [0.2, 0.25) is 5.91 Å². The van der Waals surface area contributed by atoms with Gasteiger partial charge in [-0.3, -0.25) is 9.35 Å². The minimum Gasteiger partial charge on any atom is -0.396 e. The Morgan fingerprint density at radius 1 is 1.17 bits per heavy atom. The summed E-state index contributed by atoms with van der Waals surface area (Å²) in [6.07, 6.45) is 4.74. The second-order valence-corrected chi connectivity index (χ2v) is 7.70. The number of hydrogen-bond donors (Lipinski definition) is 5. The number of nitrogens with two attached hydrogens (primary N) is 1. The number of hydrogen-bond acceptors (Lipinski definition) is 6. The van der Waals surface area contributed by atoms with Gasteiger partial charge in [-0.25, -0.2) is 0 Å². The number of rotatable bonds is 11. The molecule has 10 heteroatoms. The highest BCUT2D eigenvalue weighted by atomic mass is 32.2. The largest absolute Gasteiger partial charge is 0.396 e. The molecular formula is C14H30NO7PS. The van der Waals surface area contributed by atoms with Crippen LogP contribution in [0.25, 0.3) is 0 Å². The third-order valence-corrected chi connectivity index (χ3v) is 4.58. The van der Waals surface area contributed by atoms with Crippen LogP contribution in [0.1, 0.15) is 32.6 Å². The van der Waals surface area contributed by atoms with Gasteiger partial charge in [0.1, 0.15) is 0 Å². The van der Waals surface area contributed by atoms with Crippen LogP contribution in [0.15, 0.2) is 11.6 Å². The molecule has 0 aromatic carbocycles. The van der Waals surface area contributed by atoms with Crippen molar-refractivity contribution in [1.29, 1.82) is 0 Å². The Bertz CT molecular complexity index is 467. The minimum absolute atomic E-state index is 0.148. The molecule has 0 rings (SSSR count). The van der Waals surface area contributed by atoms with E-state index in [2.05, 4.69) is 9.24 Å². The maximum absolute atomic E-state index is 10.5. The van der Waals surface area contributed by atoms with Crippen LogP contribution in [0.5, 0.6) is 0 Å². The zero-order valence-electron chi connectivity index (χ0n) is 14.0. The van der Waals surface area contributed by atoms with Crippen LogP contribution in [0.2, 0.25) is 0 Å². The summed E-state index contributed by atoms with van der Waals surface area (Å²) in [5.74, 6) is -0.818. The maximum atomic E-state index is 10.5. The Balaban J connectivity index is 0. The van der Waals surface area contributed by atoms with E-state index in [-0.39, 0.29) is 32.0 Å². The summed E-state index contributed by atoms with van der Waals surface area (Å²) < 4.78 is 28.9. The van der Waals surface area contributed by atoms with Crippen molar-refractivity contribution in [3.8, 4) is 0 Å². The van der Waals surface area contributed by atoms with Crippen molar-refractivity contribution in [2.45, 2.75) is 32.6 Å². The van der Waals surface area contributed by atoms with Gasteiger partial charge in [-0.1, -0.05) is 6.08 Å². The predicted molar refractivity (Wildman–Crippen MR) is 96.1 cm³/mol. The standard InChI is InChI=1S/C7H13NO4S.C7H17O3P/c1-6(7(8)9)4-2-3-5-13(10,11)12;8-4-7(5-9,6-10)2-1-3-11/h4H,2-3,5H2,1H3,(H2,8,9)(H,10,11,12);8-10H,1-6,11H2. The summed E-state index contributed by atoms with van der Waals surface area (Å²) in [5, 5.41) is 26.6. The van der Waals surface area contributed by atoms with Crippen molar-refractivity contribution >= 4 is 25.3 Å². The third kappa shape index (κ3) is 13.8. The monoisotopic (exact) mass is 387 g/mol. The SMILES string of the molecule is CC(=CCCCS(=O)(=O)O)C(N)=O.OCC(CO)(CO)CCCP. The summed E-state index contributed by atoms with van der Waals surface area (Å²) in [7, 11) is -1.31. The fourth-order valence-corrected chi connectivity index (χ4v) is 2.28. The second-order valence-electron chi connectivity index (χ2n) is 5.55. The number of amides is 1. The van der Waals surface area contributed by atoms with Crippen LogP contribution < -0.4 is 5.73 Å². The first-order chi connectivity index (χ1) is 11.1. The summed E-state index contributed by atoms with van der Waals surface area (Å²) in [6.45, 7) is 1.11. The number of carbonyl (C=O) groups excluding carboxylic acids is 1. The van der Waals surface area contributed by atoms with E-state index in [1.807, 2.05) is 0 Å². The van der Waals surface area contributed by atoms with E-state index in [4.69, 9.17) is 25.6 Å². The molecule has 0 spiro atoms. The van der Waals surface area contributed by atoms with Crippen LogP contribution in [-0.4, -0.2) is 65.9 Å². The molecule has 0 bridgehead atoms. The first-order valence-corrected chi connectivity index (χ1v) is 9.94. The van der Waals surface area contributed by atoms with Crippen molar-refractivity contribution < 1.29 is 33.1 Å². The highest BCUT2D eigenvalue weighted by molar-refractivity contribution is 7.85. The lowest BCUT2D eigenvalue weighted by Gasteiger charge is -2.26. The molecule has 1 atom stereocenters. The van der Waals surface area contributed by atoms with Gasteiger partial charge in [0.05, 0.1) is 25.6 Å². The van der Waals surface area contributed by atoms with Gasteiger partial charge in [-0.15, -0.1) is 9.24 Å². The van der Waals surface area contributed by atoms with E-state index in [1.54, 1.807) is 13.0 Å². The Morgan fingerprint density at radius 2 is 1.67 bits per heavy atom. The number of aliphatic hydroxyl groups excluding tert-OH is 3. The zero-order chi connectivity index (χ0) is 19.2. The zero-order valence-corrected chi connectivity index (χ0v) is 16.0. The molecule has 144 valence electrons. The lowest BCUT2D eigenvalue weighted by Crippen LogP contribution is -2.33. The maximum Gasteiger partial charge on any atom is 0.264 e. The van der Waals surface area contributed by atoms with Gasteiger partial charge in [0, 0.05) is 11.0 Å². The molecule has 1 unspecified atom stereocenters. The first-order valence-electron chi connectivity index (χ1n) is 7.52. The molecule has 0 aliphatic rings. The van der Waals surface area contributed by atoms with E-state index in [0.29, 0.717) is 18.4 Å². The molecule has 24 heavy (non-hydrogen) atoms. The van der Waals surface area contributed by atoms with E-state index in [1.165, 1.54) is 0 Å². The van der Waals surface area contributed by atoms with Crippen molar-refractivity contribution in [3.63, 3.8) is 0 Å². The summed E-state index contributed by atoms with van der Waals surface area (Å²) in [6, 6.07) is 0. The van der Waals surface area contributed by atoms with Crippen LogP contribution in [0.4, 0.5) is 0 Å². The molecule has 8 nitrogen and oxygen atoms in total. The molecule has 0 aliphatic heterocycles. The fraction of sp³-hybridized carbons (Fsp3) is 0.786. The Morgan fingerprint density at radius 3 is 2.00 bits per heavy atom. The quantitative estimate of drug-likeness (QED) is 0.141. The van der Waals surface area contributed by atoms with Gasteiger partial charge >= 0.3 is 0 Å². The number of aliphatic hydroxyl groups is 3. The molecular weight excluding hydrogens is 357 g/mol. The van der Waals surface area contributed by atoms with Crippen molar-refractivity contribution in [2.24, 2.45) is 11.1 Å². The van der Waals surface area contributed by atoms with Crippen molar-refractivity contribution in [3.05, 3.63) is 11.6 Å². The Labute approximate surface area is 146 Å². The minimum atomic E-state index is -3.89. The van der Waals surface area contributed by atoms with E-state index in [9.17, 15) is 13.2 Å². The lowest BCUT2D eigenvalue weighted by atomic mass is 9.86. The molecule has 0 heterocycles. The molecule has 0 radical (unpaired) electrons. The molecule has 0 saturated carbocycles. The average molecular weight is 387 g/mol. The van der Waals surface area contributed by atoms with E-state index in [0.717, 1.165) is 12.6 Å². The number of allylic oxidation sites excluding steroid dienone is 1. The van der Waals surface area contributed by atoms with Crippen molar-refractivity contribution in [1.82, 2.24) is 0 Å². The Hall–Kier alpha value is -0.570. The third-order valence-electron chi connectivity index (χ3n) is 3.36. The van der Waals surface area contributed by atoms with Crippen LogP contribution in [-0.2, 0) is 14.9 Å². The number of primary amides is 1.